The summed E-state index contributed by atoms with van der Waals surface area (Å²) in [5, 5.41) is 0. The first-order valence-electron chi connectivity index (χ1n) is 6.32. The molecular weight excluding hydrogens is 200 g/mol. The second kappa shape index (κ2) is 4.68. The summed E-state index contributed by atoms with van der Waals surface area (Å²) < 4.78 is 0. The molecule has 92 valence electrons. The van der Waals surface area contributed by atoms with Crippen LogP contribution >= 0.6 is 0 Å². The topological polar surface area (TPSA) is 34.1 Å². The van der Waals surface area contributed by atoms with E-state index in [0.717, 1.165) is 38.5 Å². The fourth-order valence-corrected chi connectivity index (χ4v) is 2.34. The maximum Gasteiger partial charge on any atom is 0.138 e. The van der Waals surface area contributed by atoms with Crippen molar-refractivity contribution < 1.29 is 9.59 Å². The van der Waals surface area contributed by atoms with Crippen LogP contribution in [0.25, 0.3) is 0 Å². The van der Waals surface area contributed by atoms with Gasteiger partial charge in [-0.05, 0) is 25.7 Å². The third kappa shape index (κ3) is 3.16. The standard InChI is InChI=1S/2C7H12O/c2*1-7(2)5-3-4-6(7)8/h2*3-5H2,1-2H3. The molecule has 2 heteroatoms. The summed E-state index contributed by atoms with van der Waals surface area (Å²) in [7, 11) is 0. The van der Waals surface area contributed by atoms with Gasteiger partial charge in [0.1, 0.15) is 11.6 Å². The van der Waals surface area contributed by atoms with Crippen molar-refractivity contribution in [3.8, 4) is 0 Å². The van der Waals surface area contributed by atoms with Gasteiger partial charge in [0, 0.05) is 23.7 Å². The number of hydrogen-bond acceptors (Lipinski definition) is 2. The van der Waals surface area contributed by atoms with Crippen LogP contribution in [0, 0.1) is 10.8 Å². The number of hydrogen-bond donors (Lipinski definition) is 0. The summed E-state index contributed by atoms with van der Waals surface area (Å²) >= 11 is 0. The summed E-state index contributed by atoms with van der Waals surface area (Å²) in [6, 6.07) is 0. The SMILES string of the molecule is CC1(C)CCCC1=O.CC1(C)CCCC1=O. The second-order valence-electron chi connectivity index (χ2n) is 6.32. The van der Waals surface area contributed by atoms with Gasteiger partial charge in [0.2, 0.25) is 0 Å². The third-order valence-corrected chi connectivity index (χ3v) is 3.92. The van der Waals surface area contributed by atoms with Gasteiger partial charge in [-0.2, -0.15) is 0 Å². The van der Waals surface area contributed by atoms with E-state index in [9.17, 15) is 9.59 Å². The molecule has 0 aromatic rings. The maximum atomic E-state index is 10.9. The van der Waals surface area contributed by atoms with Crippen LogP contribution in [0.2, 0.25) is 0 Å². The molecule has 2 saturated carbocycles. The molecule has 0 aromatic heterocycles. The first-order chi connectivity index (χ1) is 7.26. The molecule has 2 rings (SSSR count). The van der Waals surface area contributed by atoms with E-state index >= 15 is 0 Å². The molecular formula is C14H24O2. The fourth-order valence-electron chi connectivity index (χ4n) is 2.34. The first kappa shape index (κ1) is 13.4. The minimum atomic E-state index is 0.0139. The predicted molar refractivity (Wildman–Crippen MR) is 65.3 cm³/mol. The van der Waals surface area contributed by atoms with E-state index in [0.29, 0.717) is 11.6 Å². The van der Waals surface area contributed by atoms with Gasteiger partial charge < -0.3 is 0 Å². The largest absolute Gasteiger partial charge is 0.299 e. The zero-order chi connectivity index (χ0) is 12.4. The van der Waals surface area contributed by atoms with Gasteiger partial charge >= 0.3 is 0 Å². The Morgan fingerprint density at radius 3 is 1.12 bits per heavy atom. The van der Waals surface area contributed by atoms with Gasteiger partial charge in [0.15, 0.2) is 0 Å². The van der Waals surface area contributed by atoms with Crippen LogP contribution in [0.15, 0.2) is 0 Å². The minimum absolute atomic E-state index is 0.0139. The number of Topliss-reactive ketones (excluding diaryl/α,β-unsaturated/α-hetero) is 2. The number of ketones is 2. The molecule has 0 amide bonds. The minimum Gasteiger partial charge on any atom is -0.299 e. The third-order valence-electron chi connectivity index (χ3n) is 3.92. The molecule has 2 aliphatic rings. The zero-order valence-corrected chi connectivity index (χ0v) is 11.1. The molecule has 16 heavy (non-hydrogen) atoms. The van der Waals surface area contributed by atoms with E-state index in [1.54, 1.807) is 0 Å². The molecule has 0 radical (unpaired) electrons. The molecule has 2 nitrogen and oxygen atoms in total. The van der Waals surface area contributed by atoms with Crippen molar-refractivity contribution in [2.75, 3.05) is 0 Å². The summed E-state index contributed by atoms with van der Waals surface area (Å²) in [4.78, 5) is 21.8. The van der Waals surface area contributed by atoms with Crippen molar-refractivity contribution in [1.82, 2.24) is 0 Å². The first-order valence-corrected chi connectivity index (χ1v) is 6.32. The lowest BCUT2D eigenvalue weighted by Gasteiger charge is -2.12. The number of carbonyl (C=O) groups excluding carboxylic acids is 2. The Labute approximate surface area is 98.8 Å². The predicted octanol–water partition coefficient (Wildman–Crippen LogP) is 3.53. The zero-order valence-electron chi connectivity index (χ0n) is 11.1. The Morgan fingerprint density at radius 1 is 0.750 bits per heavy atom. The van der Waals surface area contributed by atoms with Crippen molar-refractivity contribution in [3.63, 3.8) is 0 Å². The Kier molecular flexibility index (Phi) is 3.92. The van der Waals surface area contributed by atoms with E-state index in [4.69, 9.17) is 0 Å². The summed E-state index contributed by atoms with van der Waals surface area (Å²) in [6.45, 7) is 8.12. The Bertz CT molecular complexity index is 257. The average molecular weight is 224 g/mol. The van der Waals surface area contributed by atoms with Gasteiger partial charge in [-0.15, -0.1) is 0 Å². The summed E-state index contributed by atoms with van der Waals surface area (Å²) in [5.41, 5.74) is 0.0278. The van der Waals surface area contributed by atoms with Crippen molar-refractivity contribution in [3.05, 3.63) is 0 Å². The molecule has 0 heterocycles. The second-order valence-corrected chi connectivity index (χ2v) is 6.32. The molecule has 0 spiro atoms. The quantitative estimate of drug-likeness (QED) is 0.630. The van der Waals surface area contributed by atoms with E-state index in [1.807, 2.05) is 27.7 Å². The van der Waals surface area contributed by atoms with E-state index in [2.05, 4.69) is 0 Å². The van der Waals surface area contributed by atoms with Crippen molar-refractivity contribution >= 4 is 11.6 Å². The summed E-state index contributed by atoms with van der Waals surface area (Å²) in [5.74, 6) is 0.884. The van der Waals surface area contributed by atoms with E-state index in [-0.39, 0.29) is 10.8 Å². The van der Waals surface area contributed by atoms with Crippen LogP contribution in [-0.4, -0.2) is 11.6 Å². The molecule has 0 N–H and O–H groups in total. The highest BCUT2D eigenvalue weighted by Crippen LogP contribution is 2.33. The van der Waals surface area contributed by atoms with Crippen LogP contribution in [-0.2, 0) is 9.59 Å². The smallest absolute Gasteiger partial charge is 0.138 e. The van der Waals surface area contributed by atoms with Gasteiger partial charge in [-0.1, -0.05) is 27.7 Å². The molecule has 0 unspecified atom stereocenters. The molecule has 0 aliphatic heterocycles. The molecule has 0 saturated heterocycles. The Morgan fingerprint density at radius 2 is 1.06 bits per heavy atom. The molecule has 2 aliphatic carbocycles. The lowest BCUT2D eigenvalue weighted by Crippen LogP contribution is -2.15. The van der Waals surface area contributed by atoms with Crippen LogP contribution in [0.5, 0.6) is 0 Å². The normalized spacial score (nSPS) is 26.5. The molecule has 0 bridgehead atoms. The highest BCUT2D eigenvalue weighted by atomic mass is 16.1. The average Bonchev–Trinajstić information content (AvgIpc) is 2.60. The molecule has 0 aromatic carbocycles. The summed E-state index contributed by atoms with van der Waals surface area (Å²) in [6.07, 6.45) is 6.01. The monoisotopic (exact) mass is 224 g/mol. The molecule has 0 atom stereocenters. The van der Waals surface area contributed by atoms with Crippen LogP contribution < -0.4 is 0 Å². The Balaban J connectivity index is 0.000000160. The van der Waals surface area contributed by atoms with Crippen molar-refractivity contribution in [2.24, 2.45) is 10.8 Å². The van der Waals surface area contributed by atoms with E-state index in [1.165, 1.54) is 0 Å². The van der Waals surface area contributed by atoms with Crippen LogP contribution in [0.4, 0.5) is 0 Å². The van der Waals surface area contributed by atoms with Crippen molar-refractivity contribution in [2.45, 2.75) is 66.2 Å². The highest BCUT2D eigenvalue weighted by molar-refractivity contribution is 5.86. The highest BCUT2D eigenvalue weighted by Gasteiger charge is 2.32. The lowest BCUT2D eigenvalue weighted by atomic mass is 9.91. The Hall–Kier alpha value is -0.660. The van der Waals surface area contributed by atoms with Gasteiger partial charge in [0.25, 0.3) is 0 Å². The lowest BCUT2D eigenvalue weighted by molar-refractivity contribution is -0.124. The van der Waals surface area contributed by atoms with Gasteiger partial charge in [-0.3, -0.25) is 9.59 Å². The molecule has 2 fully saturated rings. The van der Waals surface area contributed by atoms with Gasteiger partial charge in [0.05, 0.1) is 0 Å². The number of carbonyl (C=O) groups is 2. The van der Waals surface area contributed by atoms with Crippen LogP contribution in [0.3, 0.4) is 0 Å². The van der Waals surface area contributed by atoms with Crippen molar-refractivity contribution in [1.29, 1.82) is 0 Å². The maximum absolute atomic E-state index is 10.9. The van der Waals surface area contributed by atoms with Crippen LogP contribution in [0.1, 0.15) is 66.2 Å². The van der Waals surface area contributed by atoms with E-state index < -0.39 is 0 Å². The number of rotatable bonds is 0. The fraction of sp³-hybridized carbons (Fsp3) is 0.857. The van der Waals surface area contributed by atoms with Gasteiger partial charge in [-0.25, -0.2) is 0 Å².